The Morgan fingerprint density at radius 3 is 2.46 bits per heavy atom. The maximum atomic E-state index is 12.8. The van der Waals surface area contributed by atoms with Crippen LogP contribution in [0.25, 0.3) is 0 Å². The van der Waals surface area contributed by atoms with Crippen molar-refractivity contribution in [1.29, 1.82) is 0 Å². The van der Waals surface area contributed by atoms with Gasteiger partial charge in [0, 0.05) is 23.9 Å². The van der Waals surface area contributed by atoms with E-state index in [9.17, 15) is 13.5 Å². The summed E-state index contributed by atoms with van der Waals surface area (Å²) >= 11 is 0. The molecule has 140 valence electrons. The van der Waals surface area contributed by atoms with E-state index in [1.807, 2.05) is 6.08 Å². The van der Waals surface area contributed by atoms with E-state index in [-0.39, 0.29) is 10.8 Å². The lowest BCUT2D eigenvalue weighted by Gasteiger charge is -2.38. The summed E-state index contributed by atoms with van der Waals surface area (Å²) in [7, 11) is -3.66. The number of hydrogen-bond acceptors (Lipinski definition) is 3. The minimum absolute atomic E-state index is 0.0990. The first-order chi connectivity index (χ1) is 12.4. The van der Waals surface area contributed by atoms with Crippen molar-refractivity contribution >= 4 is 10.0 Å². The first-order valence-electron chi connectivity index (χ1n) is 9.21. The summed E-state index contributed by atoms with van der Waals surface area (Å²) in [4.78, 5) is 0.231. The topological polar surface area (TPSA) is 59.3 Å². The van der Waals surface area contributed by atoms with Gasteiger partial charge >= 0.3 is 0 Å². The highest BCUT2D eigenvalue weighted by molar-refractivity contribution is 7.90. The summed E-state index contributed by atoms with van der Waals surface area (Å²) in [6.07, 6.45) is 10.6. The number of nitrogens with zero attached hydrogens (tertiary/aromatic N) is 1. The lowest BCUT2D eigenvalue weighted by molar-refractivity contribution is -0.0170. The van der Waals surface area contributed by atoms with Crippen LogP contribution >= 0.6 is 0 Å². The molecule has 0 spiro atoms. The van der Waals surface area contributed by atoms with Gasteiger partial charge in [0.15, 0.2) is 0 Å². The van der Waals surface area contributed by atoms with Crippen LogP contribution in [0.3, 0.4) is 0 Å². The molecule has 1 aromatic carbocycles. The van der Waals surface area contributed by atoms with E-state index in [4.69, 9.17) is 0 Å². The largest absolute Gasteiger partial charge is 0.385 e. The Kier molecular flexibility index (Phi) is 5.39. The lowest BCUT2D eigenvalue weighted by Crippen LogP contribution is -2.36. The molecule has 5 heteroatoms. The van der Waals surface area contributed by atoms with Gasteiger partial charge in [0.2, 0.25) is 0 Å². The van der Waals surface area contributed by atoms with Crippen LogP contribution in [-0.4, -0.2) is 17.5 Å². The van der Waals surface area contributed by atoms with Gasteiger partial charge < -0.3 is 5.11 Å². The van der Waals surface area contributed by atoms with Crippen molar-refractivity contribution in [2.24, 2.45) is 11.8 Å². The fraction of sp³-hybridized carbons (Fsp3) is 0.429. The average Bonchev–Trinajstić information content (AvgIpc) is 3.16. The van der Waals surface area contributed by atoms with Crippen molar-refractivity contribution in [3.63, 3.8) is 0 Å². The fourth-order valence-electron chi connectivity index (χ4n) is 4.11. The molecule has 2 atom stereocenters. The van der Waals surface area contributed by atoms with Gasteiger partial charge in [0.25, 0.3) is 10.0 Å². The van der Waals surface area contributed by atoms with Crippen LogP contribution < -0.4 is 0 Å². The van der Waals surface area contributed by atoms with Gasteiger partial charge in [-0.1, -0.05) is 43.5 Å². The second-order valence-corrected chi connectivity index (χ2v) is 9.20. The third-order valence-electron chi connectivity index (χ3n) is 5.63. The molecule has 3 rings (SSSR count). The highest BCUT2D eigenvalue weighted by Gasteiger charge is 2.38. The van der Waals surface area contributed by atoms with Crippen molar-refractivity contribution < 1.29 is 13.5 Å². The minimum atomic E-state index is -3.66. The smallest absolute Gasteiger partial charge is 0.267 e. The summed E-state index contributed by atoms with van der Waals surface area (Å²) in [6, 6.07) is 10.0. The van der Waals surface area contributed by atoms with Crippen LogP contribution in [0.15, 0.2) is 66.3 Å². The van der Waals surface area contributed by atoms with Crippen LogP contribution in [0.1, 0.15) is 44.6 Å². The molecule has 1 aliphatic carbocycles. The maximum Gasteiger partial charge on any atom is 0.267 e. The maximum absolute atomic E-state index is 12.8. The molecule has 1 N–H and O–H groups in total. The number of aliphatic hydroxyl groups is 1. The summed E-state index contributed by atoms with van der Waals surface area (Å²) < 4.78 is 26.7. The van der Waals surface area contributed by atoms with Crippen molar-refractivity contribution in [3.8, 4) is 0 Å². The van der Waals surface area contributed by atoms with E-state index in [0.29, 0.717) is 11.5 Å². The molecule has 1 heterocycles. The number of hydrogen-bond donors (Lipinski definition) is 1. The molecular weight excluding hydrogens is 346 g/mol. The molecule has 0 bridgehead atoms. The molecule has 0 unspecified atom stereocenters. The quantitative estimate of drug-likeness (QED) is 0.767. The predicted octanol–water partition coefficient (Wildman–Crippen LogP) is 4.32. The molecule has 2 aromatic rings. The van der Waals surface area contributed by atoms with Crippen molar-refractivity contribution in [2.45, 2.75) is 49.5 Å². The third kappa shape index (κ3) is 3.51. The number of rotatable bonds is 6. The number of aromatic nitrogens is 1. The summed E-state index contributed by atoms with van der Waals surface area (Å²) in [5.74, 6) is 0.281. The van der Waals surface area contributed by atoms with Crippen molar-refractivity contribution in [3.05, 3.63) is 67.0 Å². The molecule has 4 nitrogen and oxygen atoms in total. The Labute approximate surface area is 156 Å². The van der Waals surface area contributed by atoms with Crippen molar-refractivity contribution in [1.82, 2.24) is 3.97 Å². The first kappa shape index (κ1) is 18.9. The average molecular weight is 374 g/mol. The molecule has 1 aromatic heterocycles. The third-order valence-corrected chi connectivity index (χ3v) is 7.28. The monoisotopic (exact) mass is 373 g/mol. The van der Waals surface area contributed by atoms with Crippen LogP contribution in [0.4, 0.5) is 0 Å². The zero-order chi connectivity index (χ0) is 18.8. The van der Waals surface area contributed by atoms with Gasteiger partial charge in [-0.05, 0) is 43.9 Å². The number of benzene rings is 1. The Hall–Kier alpha value is -1.85. The van der Waals surface area contributed by atoms with Gasteiger partial charge in [-0.2, -0.15) is 0 Å². The van der Waals surface area contributed by atoms with Crippen molar-refractivity contribution in [2.75, 3.05) is 0 Å². The zero-order valence-electron chi connectivity index (χ0n) is 15.2. The summed E-state index contributed by atoms with van der Waals surface area (Å²) in [5, 5.41) is 11.3. The molecule has 26 heavy (non-hydrogen) atoms. The Morgan fingerprint density at radius 2 is 1.85 bits per heavy atom. The van der Waals surface area contributed by atoms with E-state index >= 15 is 0 Å². The molecular formula is C21H27NO3S. The summed E-state index contributed by atoms with van der Waals surface area (Å²) in [5.41, 5.74) is -0.547. The fourth-order valence-corrected chi connectivity index (χ4v) is 5.32. The first-order valence-corrected chi connectivity index (χ1v) is 10.7. The van der Waals surface area contributed by atoms with Crippen LogP contribution in [0.5, 0.6) is 0 Å². The SMILES string of the molecule is C=C[C@H](C1CCCCC1)[C@](C)(O)c1ccn(S(=O)(=O)c2ccccc2)c1. The van der Waals surface area contributed by atoms with E-state index in [0.717, 1.165) is 12.8 Å². The Balaban J connectivity index is 1.91. The molecule has 1 saturated carbocycles. The molecule has 1 aliphatic rings. The van der Waals surface area contributed by atoms with Gasteiger partial charge in [-0.3, -0.25) is 0 Å². The second-order valence-electron chi connectivity index (χ2n) is 7.36. The van der Waals surface area contributed by atoms with Crippen LogP contribution in [-0.2, 0) is 15.6 Å². The van der Waals surface area contributed by atoms with Gasteiger partial charge in [0.05, 0.1) is 10.5 Å². The lowest BCUT2D eigenvalue weighted by atomic mass is 9.70. The van der Waals surface area contributed by atoms with Crippen LogP contribution in [0, 0.1) is 11.8 Å². The second kappa shape index (κ2) is 7.41. The van der Waals surface area contributed by atoms with E-state index in [1.54, 1.807) is 43.3 Å². The Bertz CT molecular complexity index is 846. The van der Waals surface area contributed by atoms with E-state index in [2.05, 4.69) is 6.58 Å². The standard InChI is InChI=1S/C21H27NO3S/c1-3-20(17-10-6-4-7-11-17)21(2,23)18-14-15-22(16-18)26(24,25)19-12-8-5-9-13-19/h3,5,8-9,12-17,20,23H,1,4,6-7,10-11H2,2H3/t20-,21-/m1/s1. The molecule has 0 aliphatic heterocycles. The molecule has 0 amide bonds. The highest BCUT2D eigenvalue weighted by Crippen LogP contribution is 2.41. The van der Waals surface area contributed by atoms with Gasteiger partial charge in [0.1, 0.15) is 0 Å². The van der Waals surface area contributed by atoms with E-state index < -0.39 is 15.6 Å². The van der Waals surface area contributed by atoms with Gasteiger partial charge in [-0.25, -0.2) is 12.4 Å². The van der Waals surface area contributed by atoms with Gasteiger partial charge in [-0.15, -0.1) is 6.58 Å². The minimum Gasteiger partial charge on any atom is -0.385 e. The highest BCUT2D eigenvalue weighted by atomic mass is 32.2. The normalized spacial score (nSPS) is 19.6. The molecule has 0 radical (unpaired) electrons. The Morgan fingerprint density at radius 1 is 1.19 bits per heavy atom. The molecule has 0 saturated heterocycles. The van der Waals surface area contributed by atoms with Crippen LogP contribution in [0.2, 0.25) is 0 Å². The summed E-state index contributed by atoms with van der Waals surface area (Å²) in [6.45, 7) is 5.71. The zero-order valence-corrected chi connectivity index (χ0v) is 16.0. The van der Waals surface area contributed by atoms with E-state index in [1.165, 1.54) is 35.6 Å². The molecule has 1 fully saturated rings. The predicted molar refractivity (Wildman–Crippen MR) is 103 cm³/mol.